The first kappa shape index (κ1) is 25.3. The molecule has 2 aliphatic rings. The zero-order valence-electron chi connectivity index (χ0n) is 20.1. The number of fused-ring (bicyclic) bond motifs is 1. The number of halogens is 1. The van der Waals surface area contributed by atoms with E-state index >= 15 is 0 Å². The van der Waals surface area contributed by atoms with Crippen LogP contribution < -0.4 is 15.0 Å². The Morgan fingerprint density at radius 1 is 1.27 bits per heavy atom. The highest BCUT2D eigenvalue weighted by Crippen LogP contribution is 2.41. The van der Waals surface area contributed by atoms with Gasteiger partial charge in [-0.2, -0.15) is 0 Å². The Morgan fingerprint density at radius 2 is 1.94 bits per heavy atom. The molecule has 0 unspecified atom stereocenters. The van der Waals surface area contributed by atoms with Crippen molar-refractivity contribution in [2.24, 2.45) is 0 Å². The number of anilines is 1. The third-order valence-corrected chi connectivity index (χ3v) is 6.90. The van der Waals surface area contributed by atoms with E-state index in [2.05, 4.69) is 26.0 Å². The van der Waals surface area contributed by atoms with Crippen LogP contribution in [0.5, 0.6) is 5.75 Å². The summed E-state index contributed by atoms with van der Waals surface area (Å²) in [6.45, 7) is 7.91. The number of methoxy groups -OCH3 is 1. The van der Waals surface area contributed by atoms with Gasteiger partial charge < -0.3 is 24.6 Å². The van der Waals surface area contributed by atoms with Crippen molar-refractivity contribution < 1.29 is 23.9 Å². The predicted molar refractivity (Wildman–Crippen MR) is 130 cm³/mol. The standard InChI is InChI=1S/C24H34BrN3O5/c1-15(2)28(16-9-7-6-8-10-16)21(29)17-13-19-20(14-18(17)25)33-24(3,4)22(30)27(19)12-11-26-23(31)32-5/h13-16H,6-12H2,1-5H3,(H,26,31). The van der Waals surface area contributed by atoms with Crippen molar-refractivity contribution in [1.82, 2.24) is 10.2 Å². The first-order valence-electron chi connectivity index (χ1n) is 11.6. The molecule has 0 saturated heterocycles. The highest BCUT2D eigenvalue weighted by Gasteiger charge is 2.42. The van der Waals surface area contributed by atoms with Crippen molar-refractivity contribution in [2.45, 2.75) is 77.5 Å². The van der Waals surface area contributed by atoms with Gasteiger partial charge in [0.1, 0.15) is 5.75 Å². The van der Waals surface area contributed by atoms with Crippen molar-refractivity contribution in [3.63, 3.8) is 0 Å². The van der Waals surface area contributed by atoms with E-state index in [0.717, 1.165) is 25.7 Å². The molecular weight excluding hydrogens is 490 g/mol. The Hall–Kier alpha value is -2.29. The van der Waals surface area contributed by atoms with E-state index < -0.39 is 11.7 Å². The summed E-state index contributed by atoms with van der Waals surface area (Å²) in [6.07, 6.45) is 4.92. The van der Waals surface area contributed by atoms with Gasteiger partial charge in [0.25, 0.3) is 11.8 Å². The van der Waals surface area contributed by atoms with E-state index in [1.165, 1.54) is 13.5 Å². The number of ether oxygens (including phenoxy) is 2. The number of hydrogen-bond acceptors (Lipinski definition) is 5. The molecule has 0 spiro atoms. The summed E-state index contributed by atoms with van der Waals surface area (Å²) in [7, 11) is 1.29. The number of hydrogen-bond donors (Lipinski definition) is 1. The zero-order valence-corrected chi connectivity index (χ0v) is 21.7. The summed E-state index contributed by atoms with van der Waals surface area (Å²) in [5, 5.41) is 2.60. The fourth-order valence-corrected chi connectivity index (χ4v) is 5.13. The number of amides is 3. The van der Waals surface area contributed by atoms with Crippen molar-refractivity contribution >= 4 is 39.5 Å². The summed E-state index contributed by atoms with van der Waals surface area (Å²) in [4.78, 5) is 41.9. The molecule has 33 heavy (non-hydrogen) atoms. The van der Waals surface area contributed by atoms with Crippen LogP contribution in [-0.4, -0.2) is 60.7 Å². The molecule has 0 radical (unpaired) electrons. The lowest BCUT2D eigenvalue weighted by molar-refractivity contribution is -0.132. The summed E-state index contributed by atoms with van der Waals surface area (Å²) in [5.74, 6) is 0.210. The molecule has 1 saturated carbocycles. The van der Waals surface area contributed by atoms with Gasteiger partial charge in [0.05, 0.1) is 18.4 Å². The highest BCUT2D eigenvalue weighted by atomic mass is 79.9. The fourth-order valence-electron chi connectivity index (χ4n) is 4.64. The van der Waals surface area contributed by atoms with Crippen LogP contribution in [0.25, 0.3) is 0 Å². The van der Waals surface area contributed by atoms with E-state index in [9.17, 15) is 14.4 Å². The number of rotatable bonds is 6. The average Bonchev–Trinajstić information content (AvgIpc) is 2.76. The molecule has 9 heteroatoms. The molecule has 8 nitrogen and oxygen atoms in total. The van der Waals surface area contributed by atoms with Crippen LogP contribution in [0, 0.1) is 0 Å². The minimum atomic E-state index is -1.07. The van der Waals surface area contributed by atoms with Crippen LogP contribution >= 0.6 is 15.9 Å². The second kappa shape index (κ2) is 10.3. The summed E-state index contributed by atoms with van der Waals surface area (Å²) < 4.78 is 11.2. The number of nitrogens with one attached hydrogen (secondary N) is 1. The summed E-state index contributed by atoms with van der Waals surface area (Å²) >= 11 is 3.57. The van der Waals surface area contributed by atoms with E-state index in [1.54, 1.807) is 30.9 Å². The van der Waals surface area contributed by atoms with Crippen molar-refractivity contribution in [3.05, 3.63) is 22.2 Å². The van der Waals surface area contributed by atoms with Crippen LogP contribution in [0.1, 0.15) is 70.2 Å². The quantitative estimate of drug-likeness (QED) is 0.593. The molecule has 1 heterocycles. The van der Waals surface area contributed by atoms with Gasteiger partial charge in [-0.15, -0.1) is 0 Å². The molecule has 1 aromatic carbocycles. The molecule has 182 valence electrons. The first-order valence-corrected chi connectivity index (χ1v) is 12.3. The van der Waals surface area contributed by atoms with Gasteiger partial charge in [0.15, 0.2) is 5.60 Å². The predicted octanol–water partition coefficient (Wildman–Crippen LogP) is 4.49. The van der Waals surface area contributed by atoms with Crippen LogP contribution in [0.4, 0.5) is 10.5 Å². The Morgan fingerprint density at radius 3 is 2.55 bits per heavy atom. The number of nitrogens with zero attached hydrogens (tertiary/aromatic N) is 2. The Balaban J connectivity index is 1.96. The lowest BCUT2D eigenvalue weighted by atomic mass is 9.92. The maximum Gasteiger partial charge on any atom is 0.406 e. The topological polar surface area (TPSA) is 88.2 Å². The molecule has 3 amide bonds. The van der Waals surface area contributed by atoms with Gasteiger partial charge in [-0.3, -0.25) is 9.59 Å². The van der Waals surface area contributed by atoms with Crippen LogP contribution in [0.2, 0.25) is 0 Å². The van der Waals surface area contributed by atoms with Crippen LogP contribution in [0.3, 0.4) is 0 Å². The summed E-state index contributed by atoms with van der Waals surface area (Å²) in [5.41, 5.74) is -0.0603. The van der Waals surface area contributed by atoms with Gasteiger partial charge in [0.2, 0.25) is 0 Å². The van der Waals surface area contributed by atoms with Gasteiger partial charge in [-0.05, 0) is 68.6 Å². The Kier molecular flexibility index (Phi) is 7.92. The Bertz CT molecular complexity index is 912. The maximum atomic E-state index is 13.7. The third-order valence-electron chi connectivity index (χ3n) is 6.24. The average molecular weight is 524 g/mol. The zero-order chi connectivity index (χ0) is 24.3. The minimum Gasteiger partial charge on any atom is -0.476 e. The smallest absolute Gasteiger partial charge is 0.406 e. The fraction of sp³-hybridized carbons (Fsp3) is 0.625. The molecule has 1 N–H and O–H groups in total. The second-order valence-corrected chi connectivity index (χ2v) is 10.2. The largest absolute Gasteiger partial charge is 0.476 e. The highest BCUT2D eigenvalue weighted by molar-refractivity contribution is 9.10. The van der Waals surface area contributed by atoms with Gasteiger partial charge in [-0.1, -0.05) is 19.3 Å². The number of carbonyl (C=O) groups is 3. The number of alkyl carbamates (subject to hydrolysis) is 1. The lowest BCUT2D eigenvalue weighted by Gasteiger charge is -2.40. The van der Waals surface area contributed by atoms with E-state index in [1.807, 2.05) is 18.7 Å². The molecule has 0 aromatic heterocycles. The number of carbonyl (C=O) groups excluding carboxylic acids is 3. The van der Waals surface area contributed by atoms with Crippen LogP contribution in [-0.2, 0) is 9.53 Å². The summed E-state index contributed by atoms with van der Waals surface area (Å²) in [6, 6.07) is 3.76. The van der Waals surface area contributed by atoms with E-state index in [-0.39, 0.29) is 37.0 Å². The molecule has 0 atom stereocenters. The van der Waals surface area contributed by atoms with Crippen molar-refractivity contribution in [2.75, 3.05) is 25.1 Å². The van der Waals surface area contributed by atoms with E-state index in [0.29, 0.717) is 21.5 Å². The first-order chi connectivity index (χ1) is 15.6. The third kappa shape index (κ3) is 5.45. The monoisotopic (exact) mass is 523 g/mol. The van der Waals surface area contributed by atoms with E-state index in [4.69, 9.17) is 4.74 Å². The lowest BCUT2D eigenvalue weighted by Crippen LogP contribution is -2.54. The SMILES string of the molecule is COC(=O)NCCN1C(=O)C(C)(C)Oc2cc(Br)c(C(=O)N(C(C)C)C3CCCCC3)cc21. The van der Waals surface area contributed by atoms with Gasteiger partial charge >= 0.3 is 6.09 Å². The molecular formula is C24H34BrN3O5. The van der Waals surface area contributed by atoms with Gasteiger partial charge in [-0.25, -0.2) is 4.79 Å². The molecule has 1 aromatic rings. The van der Waals surface area contributed by atoms with Gasteiger partial charge in [0, 0.05) is 29.6 Å². The molecule has 1 aliphatic heterocycles. The molecule has 1 fully saturated rings. The normalized spacial score (nSPS) is 17.9. The Labute approximate surface area is 204 Å². The van der Waals surface area contributed by atoms with Crippen molar-refractivity contribution in [3.8, 4) is 5.75 Å². The molecule has 3 rings (SSSR count). The number of benzene rings is 1. The van der Waals surface area contributed by atoms with Crippen LogP contribution in [0.15, 0.2) is 16.6 Å². The maximum absolute atomic E-state index is 13.7. The second-order valence-electron chi connectivity index (χ2n) is 9.39. The molecule has 1 aliphatic carbocycles. The molecule has 0 bridgehead atoms. The minimum absolute atomic E-state index is 0.0562. The van der Waals surface area contributed by atoms with Crippen molar-refractivity contribution in [1.29, 1.82) is 0 Å².